The molecule has 110 valence electrons. The molecule has 1 N–H and O–H groups in total. The molecule has 1 aliphatic carbocycles. The van der Waals surface area contributed by atoms with Crippen molar-refractivity contribution in [2.24, 2.45) is 0 Å². The number of amides is 1. The van der Waals surface area contributed by atoms with E-state index in [-0.39, 0.29) is 11.7 Å². The number of nitrogens with one attached hydrogen (secondary N) is 1. The van der Waals surface area contributed by atoms with E-state index in [1.807, 2.05) is 11.8 Å². The summed E-state index contributed by atoms with van der Waals surface area (Å²) in [7, 11) is 0. The molecule has 2 unspecified atom stereocenters. The summed E-state index contributed by atoms with van der Waals surface area (Å²) in [4.78, 5) is 15.0. The largest absolute Gasteiger partial charge is 0.323 e. The summed E-state index contributed by atoms with van der Waals surface area (Å²) in [5.41, 5.74) is -0.201. The van der Waals surface area contributed by atoms with Crippen LogP contribution in [0.3, 0.4) is 0 Å². The third-order valence-electron chi connectivity index (χ3n) is 4.66. The summed E-state index contributed by atoms with van der Waals surface area (Å²) in [6.07, 6.45) is 10.2. The van der Waals surface area contributed by atoms with Gasteiger partial charge in [-0.3, -0.25) is 10.1 Å². The molecule has 19 heavy (non-hydrogen) atoms. The van der Waals surface area contributed by atoms with Crippen molar-refractivity contribution in [2.45, 2.75) is 76.5 Å². The lowest BCUT2D eigenvalue weighted by molar-refractivity contribution is -0.135. The minimum absolute atomic E-state index is 0.201. The maximum atomic E-state index is 12.9. The molecule has 0 aromatic rings. The fraction of sp³-hybridized carbons (Fsp3) is 0.933. The van der Waals surface area contributed by atoms with Crippen LogP contribution in [0.1, 0.15) is 58.8 Å². The SMILES string of the molecule is CCCC1NC2(CCCC2)C(=O)N1C(C)CCSC. The minimum atomic E-state index is -0.201. The van der Waals surface area contributed by atoms with Crippen LogP contribution in [-0.4, -0.2) is 40.6 Å². The fourth-order valence-corrected chi connectivity index (χ4v) is 4.17. The van der Waals surface area contributed by atoms with Crippen LogP contribution in [-0.2, 0) is 4.79 Å². The predicted molar refractivity (Wildman–Crippen MR) is 82.3 cm³/mol. The summed E-state index contributed by atoms with van der Waals surface area (Å²) >= 11 is 1.87. The van der Waals surface area contributed by atoms with Gasteiger partial charge in [0.05, 0.1) is 11.7 Å². The quantitative estimate of drug-likeness (QED) is 0.814. The number of hydrogen-bond acceptors (Lipinski definition) is 3. The van der Waals surface area contributed by atoms with E-state index in [4.69, 9.17) is 0 Å². The molecule has 3 nitrogen and oxygen atoms in total. The van der Waals surface area contributed by atoms with Crippen LogP contribution in [0.25, 0.3) is 0 Å². The van der Waals surface area contributed by atoms with E-state index in [0.29, 0.717) is 11.9 Å². The van der Waals surface area contributed by atoms with Crippen molar-refractivity contribution < 1.29 is 4.79 Å². The van der Waals surface area contributed by atoms with Crippen molar-refractivity contribution in [1.29, 1.82) is 0 Å². The Morgan fingerprint density at radius 3 is 2.74 bits per heavy atom. The zero-order valence-corrected chi connectivity index (χ0v) is 13.4. The average molecular weight is 284 g/mol. The molecule has 1 aliphatic heterocycles. The first-order valence-corrected chi connectivity index (χ1v) is 9.13. The van der Waals surface area contributed by atoms with Crippen molar-refractivity contribution in [3.8, 4) is 0 Å². The first-order chi connectivity index (χ1) is 9.14. The van der Waals surface area contributed by atoms with Gasteiger partial charge in [-0.2, -0.15) is 11.8 Å². The fourth-order valence-electron chi connectivity index (χ4n) is 3.60. The van der Waals surface area contributed by atoms with E-state index in [0.717, 1.165) is 37.9 Å². The lowest BCUT2D eigenvalue weighted by atomic mass is 9.97. The Balaban J connectivity index is 2.11. The number of thioether (sulfide) groups is 1. The summed E-state index contributed by atoms with van der Waals surface area (Å²) in [5.74, 6) is 1.52. The first-order valence-electron chi connectivity index (χ1n) is 7.74. The second-order valence-corrected chi connectivity index (χ2v) is 7.07. The van der Waals surface area contributed by atoms with Gasteiger partial charge in [0.1, 0.15) is 0 Å². The molecule has 2 atom stereocenters. The average Bonchev–Trinajstić information content (AvgIpc) is 2.95. The Labute approximate surface area is 121 Å². The van der Waals surface area contributed by atoms with E-state index < -0.39 is 0 Å². The molecule has 0 radical (unpaired) electrons. The molecule has 2 aliphatic rings. The molecule has 1 saturated carbocycles. The zero-order chi connectivity index (χ0) is 13.9. The highest BCUT2D eigenvalue weighted by molar-refractivity contribution is 7.98. The second-order valence-electron chi connectivity index (χ2n) is 6.08. The van der Waals surface area contributed by atoms with Crippen LogP contribution in [0.4, 0.5) is 0 Å². The Bertz CT molecular complexity index is 315. The van der Waals surface area contributed by atoms with Crippen LogP contribution < -0.4 is 5.32 Å². The van der Waals surface area contributed by atoms with Crippen molar-refractivity contribution in [1.82, 2.24) is 10.2 Å². The van der Waals surface area contributed by atoms with Gasteiger partial charge in [0.25, 0.3) is 0 Å². The number of carbonyl (C=O) groups is 1. The van der Waals surface area contributed by atoms with Gasteiger partial charge in [0.2, 0.25) is 5.91 Å². The smallest absolute Gasteiger partial charge is 0.244 e. The second kappa shape index (κ2) is 6.49. The molecular formula is C15H28N2OS. The van der Waals surface area contributed by atoms with E-state index in [1.54, 1.807) is 0 Å². The van der Waals surface area contributed by atoms with Crippen LogP contribution in [0.2, 0.25) is 0 Å². The number of nitrogens with zero attached hydrogens (tertiary/aromatic N) is 1. The lowest BCUT2D eigenvalue weighted by Gasteiger charge is -2.30. The number of rotatable bonds is 6. The molecule has 4 heteroatoms. The van der Waals surface area contributed by atoms with E-state index in [1.165, 1.54) is 12.8 Å². The minimum Gasteiger partial charge on any atom is -0.323 e. The Morgan fingerprint density at radius 1 is 1.47 bits per heavy atom. The molecule has 1 saturated heterocycles. The summed E-state index contributed by atoms with van der Waals surface area (Å²) in [6.45, 7) is 4.42. The van der Waals surface area contributed by atoms with Gasteiger partial charge in [0, 0.05) is 6.04 Å². The third-order valence-corrected chi connectivity index (χ3v) is 5.30. The van der Waals surface area contributed by atoms with Gasteiger partial charge < -0.3 is 4.90 Å². The standard InChI is InChI=1S/C15H28N2OS/c1-4-7-13-16-15(9-5-6-10-15)14(18)17(13)12(2)8-11-19-3/h12-13,16H,4-11H2,1-3H3. The first kappa shape index (κ1) is 15.2. The topological polar surface area (TPSA) is 32.3 Å². The van der Waals surface area contributed by atoms with Crippen LogP contribution >= 0.6 is 11.8 Å². The van der Waals surface area contributed by atoms with Crippen LogP contribution in [0, 0.1) is 0 Å². The van der Waals surface area contributed by atoms with E-state index in [9.17, 15) is 4.79 Å². The third kappa shape index (κ3) is 2.94. The molecule has 2 rings (SSSR count). The van der Waals surface area contributed by atoms with Crippen LogP contribution in [0.15, 0.2) is 0 Å². The van der Waals surface area contributed by atoms with Crippen molar-refractivity contribution in [3.05, 3.63) is 0 Å². The Kier molecular flexibility index (Phi) is 5.18. The molecule has 1 spiro atoms. The zero-order valence-electron chi connectivity index (χ0n) is 12.6. The molecule has 0 aromatic carbocycles. The maximum absolute atomic E-state index is 12.9. The van der Waals surface area contributed by atoms with Crippen molar-refractivity contribution >= 4 is 17.7 Å². The number of hydrogen-bond donors (Lipinski definition) is 1. The Morgan fingerprint density at radius 2 is 2.16 bits per heavy atom. The monoisotopic (exact) mass is 284 g/mol. The van der Waals surface area contributed by atoms with Crippen molar-refractivity contribution in [2.75, 3.05) is 12.0 Å². The molecule has 1 heterocycles. The van der Waals surface area contributed by atoms with E-state index >= 15 is 0 Å². The molecule has 1 amide bonds. The molecule has 2 fully saturated rings. The highest BCUT2D eigenvalue weighted by Gasteiger charge is 2.52. The summed E-state index contributed by atoms with van der Waals surface area (Å²) in [5, 5.41) is 3.69. The highest BCUT2D eigenvalue weighted by Crippen LogP contribution is 2.38. The van der Waals surface area contributed by atoms with Gasteiger partial charge in [0.15, 0.2) is 0 Å². The van der Waals surface area contributed by atoms with E-state index in [2.05, 4.69) is 30.3 Å². The van der Waals surface area contributed by atoms with Gasteiger partial charge >= 0.3 is 0 Å². The van der Waals surface area contributed by atoms with Crippen molar-refractivity contribution in [3.63, 3.8) is 0 Å². The predicted octanol–water partition coefficient (Wildman–Crippen LogP) is 3.00. The summed E-state index contributed by atoms with van der Waals surface area (Å²) < 4.78 is 0. The summed E-state index contributed by atoms with van der Waals surface area (Å²) in [6, 6.07) is 0.365. The lowest BCUT2D eigenvalue weighted by Crippen LogP contribution is -2.45. The van der Waals surface area contributed by atoms with Gasteiger partial charge in [-0.1, -0.05) is 26.2 Å². The molecular weight excluding hydrogens is 256 g/mol. The Hall–Kier alpha value is -0.220. The van der Waals surface area contributed by atoms with Gasteiger partial charge in [-0.25, -0.2) is 0 Å². The normalized spacial score (nSPS) is 27.4. The number of carbonyl (C=O) groups excluding carboxylic acids is 1. The highest BCUT2D eigenvalue weighted by atomic mass is 32.2. The molecule has 0 bridgehead atoms. The molecule has 0 aromatic heterocycles. The van der Waals surface area contributed by atoms with Crippen LogP contribution in [0.5, 0.6) is 0 Å². The maximum Gasteiger partial charge on any atom is 0.244 e. The van der Waals surface area contributed by atoms with Gasteiger partial charge in [-0.05, 0) is 44.6 Å². The van der Waals surface area contributed by atoms with Gasteiger partial charge in [-0.15, -0.1) is 0 Å².